The predicted octanol–water partition coefficient (Wildman–Crippen LogP) is 18.2. The van der Waals surface area contributed by atoms with Gasteiger partial charge in [-0.15, -0.1) is 11.3 Å². The summed E-state index contributed by atoms with van der Waals surface area (Å²) < 4.78 is 11.9. The van der Waals surface area contributed by atoms with Crippen LogP contribution in [0, 0.1) is 0 Å². The van der Waals surface area contributed by atoms with E-state index in [9.17, 15) is 0 Å². The van der Waals surface area contributed by atoms with Crippen LogP contribution in [0.25, 0.3) is 103 Å². The van der Waals surface area contributed by atoms with Crippen LogP contribution in [-0.4, -0.2) is 4.57 Å². The van der Waals surface area contributed by atoms with E-state index in [2.05, 4.69) is 242 Å². The molecule has 0 saturated heterocycles. The summed E-state index contributed by atoms with van der Waals surface area (Å²) in [7, 11) is 0. The van der Waals surface area contributed by atoms with Gasteiger partial charge in [0, 0.05) is 75.3 Å². The second kappa shape index (κ2) is 14.4. The van der Waals surface area contributed by atoms with Crippen LogP contribution in [0.5, 0.6) is 0 Å². The summed E-state index contributed by atoms with van der Waals surface area (Å²) in [6.45, 7) is 4.72. The van der Waals surface area contributed by atoms with Crippen molar-refractivity contribution in [2.24, 2.45) is 0 Å². The first-order chi connectivity index (χ1) is 33.0. The van der Waals surface area contributed by atoms with Gasteiger partial charge in [-0.2, -0.15) is 0 Å². The number of aromatic nitrogens is 1. The van der Waals surface area contributed by atoms with Crippen molar-refractivity contribution < 1.29 is 4.42 Å². The lowest BCUT2D eigenvalue weighted by Gasteiger charge is -2.27. The van der Waals surface area contributed by atoms with Crippen molar-refractivity contribution in [1.29, 1.82) is 0 Å². The molecule has 0 radical (unpaired) electrons. The molecule has 0 fully saturated rings. The molecule has 67 heavy (non-hydrogen) atoms. The molecule has 3 heterocycles. The van der Waals surface area contributed by atoms with Crippen LogP contribution >= 0.6 is 11.3 Å². The van der Waals surface area contributed by atoms with Gasteiger partial charge in [-0.25, -0.2) is 0 Å². The Morgan fingerprint density at radius 3 is 1.87 bits per heavy atom. The number of nitrogens with zero attached hydrogens (tertiary/aromatic N) is 2. The van der Waals surface area contributed by atoms with Gasteiger partial charge in [0.1, 0.15) is 11.2 Å². The minimum absolute atomic E-state index is 0.0982. The third-order valence-electron chi connectivity index (χ3n) is 14.4. The molecule has 13 aromatic rings. The first kappa shape index (κ1) is 38.1. The largest absolute Gasteiger partial charge is 0.455 e. The average Bonchev–Trinajstić information content (AvgIpc) is 4.11. The van der Waals surface area contributed by atoms with Crippen LogP contribution in [0.15, 0.2) is 223 Å². The summed E-state index contributed by atoms with van der Waals surface area (Å²) in [5.41, 5.74) is 18.2. The van der Waals surface area contributed by atoms with Gasteiger partial charge < -0.3 is 13.9 Å². The predicted molar refractivity (Wildman–Crippen MR) is 284 cm³/mol. The van der Waals surface area contributed by atoms with Crippen molar-refractivity contribution in [3.05, 3.63) is 230 Å². The Balaban J connectivity index is 1.02. The number of thiophene rings is 1. The van der Waals surface area contributed by atoms with Gasteiger partial charge in [-0.1, -0.05) is 153 Å². The van der Waals surface area contributed by atoms with Crippen molar-refractivity contribution in [3.63, 3.8) is 0 Å². The SMILES string of the molecule is CC1(C)c2ccccc2-c2ccc(-c3cccc(N(c4ccc5sc6ccccc6c5c4)c4cc(-c5ccccc5-n5c6ccccc6c6ccccc65)c5oc6ccccc6c5c4)c3)cc21. The summed E-state index contributed by atoms with van der Waals surface area (Å²) in [5.74, 6) is 0. The van der Waals surface area contributed by atoms with E-state index in [0.29, 0.717) is 0 Å². The van der Waals surface area contributed by atoms with E-state index >= 15 is 0 Å². The standard InChI is InChI=1S/C63H42N2OS/c1-63(2)54-24-9-3-18-44(54)45-32-30-40(35-55(45)63)39-16-15-17-41(34-39)64(42-31-33-61-51(36-42)50-23-8-14-29-60(50)67-61)43-37-52(62-53(38-43)49-22-7-13-28-59(49)66-62)48-21-6-12-27-58(48)65-56-25-10-4-19-46(56)47-20-5-11-26-57(47)65/h3-38H,1-2H3. The van der Waals surface area contributed by atoms with Gasteiger partial charge in [-0.3, -0.25) is 0 Å². The lowest BCUT2D eigenvalue weighted by atomic mass is 9.81. The van der Waals surface area contributed by atoms with Gasteiger partial charge in [0.05, 0.1) is 16.7 Å². The van der Waals surface area contributed by atoms with Crippen LogP contribution in [0.1, 0.15) is 25.0 Å². The first-order valence-electron chi connectivity index (χ1n) is 23.1. The maximum atomic E-state index is 6.95. The van der Waals surface area contributed by atoms with Gasteiger partial charge in [0.15, 0.2) is 0 Å². The topological polar surface area (TPSA) is 21.3 Å². The Hall–Kier alpha value is -8.18. The van der Waals surface area contributed by atoms with Crippen LogP contribution in [0.2, 0.25) is 0 Å². The van der Waals surface area contributed by atoms with E-state index in [1.807, 2.05) is 11.3 Å². The fourth-order valence-corrected chi connectivity index (χ4v) is 12.3. The minimum atomic E-state index is -0.0982. The van der Waals surface area contributed by atoms with Crippen molar-refractivity contribution in [1.82, 2.24) is 4.57 Å². The Bertz CT molecular complexity index is 4110. The van der Waals surface area contributed by atoms with Crippen LogP contribution in [-0.2, 0) is 5.41 Å². The lowest BCUT2D eigenvalue weighted by Crippen LogP contribution is -2.14. The third-order valence-corrected chi connectivity index (χ3v) is 15.5. The molecule has 0 aliphatic heterocycles. The molecule has 316 valence electrons. The van der Waals surface area contributed by atoms with E-state index in [1.165, 1.54) is 75.4 Å². The van der Waals surface area contributed by atoms with E-state index in [4.69, 9.17) is 4.42 Å². The number of hydrogen-bond acceptors (Lipinski definition) is 3. The fourth-order valence-electron chi connectivity index (χ4n) is 11.2. The Morgan fingerprint density at radius 2 is 1.03 bits per heavy atom. The van der Waals surface area contributed by atoms with Crippen molar-refractivity contribution >= 4 is 92.3 Å². The molecule has 4 heteroatoms. The molecular weight excluding hydrogens is 833 g/mol. The second-order valence-corrected chi connectivity index (χ2v) is 19.5. The highest BCUT2D eigenvalue weighted by molar-refractivity contribution is 7.25. The zero-order chi connectivity index (χ0) is 44.4. The molecular formula is C63H42N2OS. The summed E-state index contributed by atoms with van der Waals surface area (Å²) in [6, 6.07) is 80.3. The Labute approximate surface area is 392 Å². The first-order valence-corrected chi connectivity index (χ1v) is 23.9. The fraction of sp³-hybridized carbons (Fsp3) is 0.0476. The summed E-state index contributed by atoms with van der Waals surface area (Å²) in [4.78, 5) is 2.45. The van der Waals surface area contributed by atoms with Gasteiger partial charge >= 0.3 is 0 Å². The Kier molecular flexibility index (Phi) is 8.20. The number of fused-ring (bicyclic) bond motifs is 12. The summed E-state index contributed by atoms with van der Waals surface area (Å²) in [5, 5.41) is 7.15. The molecule has 1 aliphatic rings. The van der Waals surface area contributed by atoms with E-state index < -0.39 is 0 Å². The van der Waals surface area contributed by atoms with Crippen LogP contribution in [0.4, 0.5) is 17.1 Å². The zero-order valence-corrected chi connectivity index (χ0v) is 37.8. The average molecular weight is 875 g/mol. The summed E-state index contributed by atoms with van der Waals surface area (Å²) in [6.07, 6.45) is 0. The molecule has 0 spiro atoms. The Morgan fingerprint density at radius 1 is 0.403 bits per heavy atom. The molecule has 0 bridgehead atoms. The van der Waals surface area contributed by atoms with Crippen LogP contribution < -0.4 is 4.90 Å². The highest BCUT2D eigenvalue weighted by Crippen LogP contribution is 2.51. The highest BCUT2D eigenvalue weighted by atomic mass is 32.1. The maximum absolute atomic E-state index is 6.95. The van der Waals surface area contributed by atoms with E-state index in [0.717, 1.165) is 55.8 Å². The number of hydrogen-bond donors (Lipinski definition) is 0. The number of rotatable bonds is 6. The molecule has 3 aromatic heterocycles. The molecule has 0 N–H and O–H groups in total. The number of anilines is 3. The van der Waals surface area contributed by atoms with Crippen molar-refractivity contribution in [3.8, 4) is 39.1 Å². The smallest absolute Gasteiger partial charge is 0.143 e. The van der Waals surface area contributed by atoms with Crippen molar-refractivity contribution in [2.75, 3.05) is 4.90 Å². The van der Waals surface area contributed by atoms with Gasteiger partial charge in [0.25, 0.3) is 0 Å². The zero-order valence-electron chi connectivity index (χ0n) is 37.0. The number of para-hydroxylation sites is 4. The van der Waals surface area contributed by atoms with Gasteiger partial charge in [0.2, 0.25) is 0 Å². The monoisotopic (exact) mass is 874 g/mol. The molecule has 3 nitrogen and oxygen atoms in total. The quantitative estimate of drug-likeness (QED) is 0.166. The van der Waals surface area contributed by atoms with E-state index in [-0.39, 0.29) is 5.41 Å². The summed E-state index contributed by atoms with van der Waals surface area (Å²) >= 11 is 1.85. The third kappa shape index (κ3) is 5.70. The molecule has 0 amide bonds. The molecule has 0 atom stereocenters. The molecule has 10 aromatic carbocycles. The van der Waals surface area contributed by atoms with E-state index in [1.54, 1.807) is 0 Å². The molecule has 0 unspecified atom stereocenters. The molecule has 14 rings (SSSR count). The van der Waals surface area contributed by atoms with Gasteiger partial charge in [-0.05, 0) is 112 Å². The second-order valence-electron chi connectivity index (χ2n) is 18.5. The maximum Gasteiger partial charge on any atom is 0.143 e. The lowest BCUT2D eigenvalue weighted by molar-refractivity contribution is 0.660. The minimum Gasteiger partial charge on any atom is -0.455 e. The molecule has 1 aliphatic carbocycles. The number of furan rings is 1. The van der Waals surface area contributed by atoms with Crippen molar-refractivity contribution in [2.45, 2.75) is 19.3 Å². The normalized spacial score (nSPS) is 13.0. The highest BCUT2D eigenvalue weighted by Gasteiger charge is 2.35. The van der Waals surface area contributed by atoms with Crippen LogP contribution in [0.3, 0.4) is 0 Å². The molecule has 0 saturated carbocycles. The number of benzene rings is 10.